The molecule has 0 aliphatic heterocycles. The molecule has 4 rings (SSSR count). The van der Waals surface area contributed by atoms with Gasteiger partial charge in [-0.1, -0.05) is 18.2 Å². The number of benzene rings is 1. The zero-order chi connectivity index (χ0) is 19.9. The summed E-state index contributed by atoms with van der Waals surface area (Å²) in [6.45, 7) is 2.09. The van der Waals surface area contributed by atoms with Gasteiger partial charge in [-0.2, -0.15) is 27.8 Å². The highest BCUT2D eigenvalue weighted by Crippen LogP contribution is 2.27. The summed E-state index contributed by atoms with van der Waals surface area (Å²) in [4.78, 5) is 7.50. The molecule has 144 valence electrons. The molecule has 0 saturated heterocycles. The predicted octanol–water partition coefficient (Wildman–Crippen LogP) is 3.46. The van der Waals surface area contributed by atoms with Crippen molar-refractivity contribution in [1.29, 1.82) is 0 Å². The predicted molar refractivity (Wildman–Crippen MR) is 96.5 cm³/mol. The van der Waals surface area contributed by atoms with Gasteiger partial charge in [0.25, 0.3) is 11.6 Å². The van der Waals surface area contributed by atoms with E-state index in [-0.39, 0.29) is 5.78 Å². The number of rotatable bonds is 4. The average molecular weight is 387 g/mol. The molecule has 0 aliphatic carbocycles. The molecule has 1 aromatic carbocycles. The largest absolute Gasteiger partial charge is 0.453 e. The lowest BCUT2D eigenvalue weighted by molar-refractivity contribution is -0.144. The normalized spacial score (nSPS) is 11.9. The fraction of sp³-hybridized carbons (Fsp3) is 0.222. The number of aromatic nitrogens is 6. The van der Waals surface area contributed by atoms with Crippen LogP contribution in [0, 0.1) is 6.92 Å². The molecule has 0 bridgehead atoms. The van der Waals surface area contributed by atoms with E-state index < -0.39 is 12.0 Å². The maximum Gasteiger partial charge on any atom is 0.453 e. The molecule has 0 saturated carbocycles. The van der Waals surface area contributed by atoms with Crippen molar-refractivity contribution in [1.82, 2.24) is 29.4 Å². The van der Waals surface area contributed by atoms with Crippen LogP contribution in [-0.4, -0.2) is 29.4 Å². The van der Waals surface area contributed by atoms with Crippen molar-refractivity contribution in [3.8, 4) is 11.1 Å². The molecule has 0 spiro atoms. The molecule has 10 heteroatoms. The maximum absolute atomic E-state index is 12.9. The highest BCUT2D eigenvalue weighted by atomic mass is 19.4. The third-order valence-corrected chi connectivity index (χ3v) is 4.13. The standard InChI is InChI=1S/C18H16F3N7/c1-11-6-15(28-17(24-11)25-16(26-28)18(19,20)21)22-8-12-4-3-5-13(7-12)14-9-23-27(2)10-14/h3-7,9-10,22H,8H2,1-2H3. The second kappa shape index (κ2) is 6.63. The van der Waals surface area contributed by atoms with Crippen molar-refractivity contribution in [3.63, 3.8) is 0 Å². The van der Waals surface area contributed by atoms with Crippen LogP contribution in [-0.2, 0) is 19.8 Å². The fourth-order valence-electron chi connectivity index (χ4n) is 2.86. The first kappa shape index (κ1) is 18.0. The second-order valence-electron chi connectivity index (χ2n) is 6.38. The van der Waals surface area contributed by atoms with Crippen LogP contribution in [0.15, 0.2) is 42.7 Å². The first-order valence-corrected chi connectivity index (χ1v) is 8.43. The Morgan fingerprint density at radius 2 is 1.93 bits per heavy atom. The molecule has 0 amide bonds. The molecular weight excluding hydrogens is 371 g/mol. The van der Waals surface area contributed by atoms with E-state index in [0.717, 1.165) is 21.2 Å². The number of hydrogen-bond donors (Lipinski definition) is 1. The Kier molecular flexibility index (Phi) is 4.25. The molecular formula is C18H16F3N7. The number of nitrogens with zero attached hydrogens (tertiary/aromatic N) is 6. The van der Waals surface area contributed by atoms with Crippen molar-refractivity contribution in [2.45, 2.75) is 19.6 Å². The average Bonchev–Trinajstić information content (AvgIpc) is 3.26. The maximum atomic E-state index is 12.9. The van der Waals surface area contributed by atoms with Crippen LogP contribution in [0.25, 0.3) is 16.9 Å². The lowest BCUT2D eigenvalue weighted by atomic mass is 10.1. The molecule has 1 N–H and O–H groups in total. The smallest absolute Gasteiger partial charge is 0.366 e. The molecule has 4 aromatic rings. The van der Waals surface area contributed by atoms with E-state index in [1.54, 1.807) is 23.9 Å². The van der Waals surface area contributed by atoms with E-state index in [4.69, 9.17) is 0 Å². The molecule has 7 nitrogen and oxygen atoms in total. The third kappa shape index (κ3) is 3.53. The zero-order valence-corrected chi connectivity index (χ0v) is 15.1. The number of alkyl halides is 3. The van der Waals surface area contributed by atoms with Gasteiger partial charge in [-0.25, -0.2) is 4.98 Å². The van der Waals surface area contributed by atoms with Gasteiger partial charge in [-0.15, -0.1) is 5.10 Å². The number of halogens is 3. The molecule has 3 heterocycles. The Balaban J connectivity index is 1.61. The van der Waals surface area contributed by atoms with Crippen molar-refractivity contribution in [2.75, 3.05) is 5.32 Å². The van der Waals surface area contributed by atoms with Gasteiger partial charge in [0, 0.05) is 37.1 Å². The second-order valence-corrected chi connectivity index (χ2v) is 6.38. The topological polar surface area (TPSA) is 72.9 Å². The molecule has 0 unspecified atom stereocenters. The summed E-state index contributed by atoms with van der Waals surface area (Å²) < 4.78 is 41.6. The minimum atomic E-state index is -4.63. The summed E-state index contributed by atoms with van der Waals surface area (Å²) in [5, 5.41) is 10.8. The zero-order valence-electron chi connectivity index (χ0n) is 15.1. The Hall–Kier alpha value is -3.43. The summed E-state index contributed by atoms with van der Waals surface area (Å²) in [5.74, 6) is -0.927. The Morgan fingerprint density at radius 1 is 1.11 bits per heavy atom. The lowest BCUT2D eigenvalue weighted by Gasteiger charge is -2.09. The van der Waals surface area contributed by atoms with Gasteiger partial charge < -0.3 is 5.32 Å². The fourth-order valence-corrected chi connectivity index (χ4v) is 2.86. The quantitative estimate of drug-likeness (QED) is 0.581. The number of fused-ring (bicyclic) bond motifs is 1. The first-order chi connectivity index (χ1) is 13.3. The van der Waals surface area contributed by atoms with Crippen LogP contribution in [0.2, 0.25) is 0 Å². The van der Waals surface area contributed by atoms with Crippen molar-refractivity contribution < 1.29 is 13.2 Å². The summed E-state index contributed by atoms with van der Waals surface area (Å²) in [6.07, 6.45) is -0.941. The van der Waals surface area contributed by atoms with Gasteiger partial charge in [-0.05, 0) is 24.1 Å². The minimum absolute atomic E-state index is 0.0982. The molecule has 3 aromatic heterocycles. The summed E-state index contributed by atoms with van der Waals surface area (Å²) in [5.41, 5.74) is 3.49. The van der Waals surface area contributed by atoms with Crippen LogP contribution < -0.4 is 5.32 Å². The number of hydrogen-bond acceptors (Lipinski definition) is 5. The van der Waals surface area contributed by atoms with Crippen LogP contribution in [0.5, 0.6) is 0 Å². The minimum Gasteiger partial charge on any atom is -0.366 e. The summed E-state index contributed by atoms with van der Waals surface area (Å²) >= 11 is 0. The van der Waals surface area contributed by atoms with E-state index in [1.165, 1.54) is 0 Å². The molecule has 28 heavy (non-hydrogen) atoms. The van der Waals surface area contributed by atoms with Gasteiger partial charge in [0.05, 0.1) is 6.20 Å². The van der Waals surface area contributed by atoms with Crippen molar-refractivity contribution >= 4 is 11.6 Å². The van der Waals surface area contributed by atoms with Gasteiger partial charge in [0.1, 0.15) is 5.82 Å². The van der Waals surface area contributed by atoms with Crippen molar-refractivity contribution in [3.05, 3.63) is 59.8 Å². The Bertz CT molecular complexity index is 1140. The van der Waals surface area contributed by atoms with E-state index in [2.05, 4.69) is 25.5 Å². The third-order valence-electron chi connectivity index (χ3n) is 4.13. The molecule has 0 atom stereocenters. The monoisotopic (exact) mass is 387 g/mol. The first-order valence-electron chi connectivity index (χ1n) is 8.43. The Morgan fingerprint density at radius 3 is 2.64 bits per heavy atom. The lowest BCUT2D eigenvalue weighted by Crippen LogP contribution is -2.09. The Labute approximate surface area is 157 Å². The van der Waals surface area contributed by atoms with E-state index in [1.807, 2.05) is 37.5 Å². The van der Waals surface area contributed by atoms with Crippen LogP contribution in [0.3, 0.4) is 0 Å². The van der Waals surface area contributed by atoms with Crippen LogP contribution in [0.4, 0.5) is 19.0 Å². The highest BCUT2D eigenvalue weighted by molar-refractivity contribution is 5.62. The van der Waals surface area contributed by atoms with Gasteiger partial charge in [0.2, 0.25) is 0 Å². The van der Waals surface area contributed by atoms with E-state index in [9.17, 15) is 13.2 Å². The molecule has 0 fully saturated rings. The number of aryl methyl sites for hydroxylation is 2. The van der Waals surface area contributed by atoms with E-state index in [0.29, 0.717) is 18.1 Å². The molecule has 0 aliphatic rings. The summed E-state index contributed by atoms with van der Waals surface area (Å²) in [7, 11) is 1.85. The molecule has 0 radical (unpaired) electrons. The van der Waals surface area contributed by atoms with Crippen molar-refractivity contribution in [2.24, 2.45) is 7.05 Å². The number of nitrogens with one attached hydrogen (secondary N) is 1. The summed E-state index contributed by atoms with van der Waals surface area (Å²) in [6, 6.07) is 9.46. The van der Waals surface area contributed by atoms with E-state index >= 15 is 0 Å². The van der Waals surface area contributed by atoms with Gasteiger partial charge in [0.15, 0.2) is 0 Å². The van der Waals surface area contributed by atoms with Gasteiger partial charge >= 0.3 is 6.18 Å². The van der Waals surface area contributed by atoms with Crippen LogP contribution >= 0.6 is 0 Å². The van der Waals surface area contributed by atoms with Crippen LogP contribution in [0.1, 0.15) is 17.1 Å². The highest BCUT2D eigenvalue weighted by Gasteiger charge is 2.36. The SMILES string of the molecule is Cc1cc(NCc2cccc(-c3cnn(C)c3)c2)n2nc(C(F)(F)F)nc2n1. The van der Waals surface area contributed by atoms with Gasteiger partial charge in [-0.3, -0.25) is 4.68 Å². The number of anilines is 1.